The lowest BCUT2D eigenvalue weighted by atomic mass is 10.2. The van der Waals surface area contributed by atoms with Gasteiger partial charge in [-0.3, -0.25) is 10.1 Å². The summed E-state index contributed by atoms with van der Waals surface area (Å²) in [5.41, 5.74) is 2.73. The Kier molecular flexibility index (Phi) is 4.63. The number of nitrogens with zero attached hydrogens (tertiary/aromatic N) is 1. The van der Waals surface area contributed by atoms with Crippen LogP contribution >= 0.6 is 0 Å². The van der Waals surface area contributed by atoms with E-state index in [1.54, 1.807) is 18.2 Å². The monoisotopic (exact) mass is 298 g/mol. The molecule has 1 heterocycles. The summed E-state index contributed by atoms with van der Waals surface area (Å²) in [6.45, 7) is 3.86. The van der Waals surface area contributed by atoms with Crippen molar-refractivity contribution in [1.82, 2.24) is 0 Å². The van der Waals surface area contributed by atoms with E-state index in [2.05, 4.69) is 10.3 Å². The molecule has 22 heavy (non-hydrogen) atoms. The van der Waals surface area contributed by atoms with E-state index in [4.69, 9.17) is 0 Å². The average molecular weight is 298 g/mol. The lowest BCUT2D eigenvalue weighted by molar-refractivity contribution is -0.384. The minimum Gasteiger partial charge on any atom is -0.258 e. The number of nitro benzene ring substituents is 1. The largest absolute Gasteiger partial charge is 0.331 e. The fourth-order valence-corrected chi connectivity index (χ4v) is 2.02. The van der Waals surface area contributed by atoms with Crippen LogP contribution in [0.2, 0.25) is 0 Å². The summed E-state index contributed by atoms with van der Waals surface area (Å²) in [5, 5.41) is 13.3. The van der Waals surface area contributed by atoms with Crippen molar-refractivity contribution in [2.75, 3.05) is 5.32 Å². The van der Waals surface area contributed by atoms with Crippen LogP contribution in [0.25, 0.3) is 6.08 Å². The van der Waals surface area contributed by atoms with E-state index in [0.717, 1.165) is 11.3 Å². The van der Waals surface area contributed by atoms with Crippen molar-refractivity contribution in [3.8, 4) is 0 Å². The van der Waals surface area contributed by atoms with Gasteiger partial charge in [-0.25, -0.2) is 15.1 Å². The number of nitro groups is 1. The number of aryl methyl sites for hydroxylation is 2. The second-order valence-electron chi connectivity index (χ2n) is 4.93. The van der Waals surface area contributed by atoms with Crippen molar-refractivity contribution >= 4 is 23.5 Å². The van der Waals surface area contributed by atoms with Crippen LogP contribution in [-0.4, -0.2) is 10.8 Å². The number of non-ortho nitro benzene ring substituents is 1. The van der Waals surface area contributed by atoms with E-state index in [9.17, 15) is 14.9 Å². The molecule has 0 radical (unpaired) electrons. The average Bonchev–Trinajstić information content (AvgIpc) is 2.44. The van der Waals surface area contributed by atoms with E-state index in [1.807, 2.05) is 26.0 Å². The molecule has 0 unspecified atom stereocenters. The minimum absolute atomic E-state index is 0.0198. The molecule has 0 spiro atoms. The molecule has 112 valence electrons. The zero-order valence-electron chi connectivity index (χ0n) is 12.3. The van der Waals surface area contributed by atoms with E-state index >= 15 is 0 Å². The summed E-state index contributed by atoms with van der Waals surface area (Å²) >= 11 is 0. The summed E-state index contributed by atoms with van der Waals surface area (Å²) in [7, 11) is 0. The Balaban J connectivity index is 2.03. The predicted molar refractivity (Wildman–Crippen MR) is 83.2 cm³/mol. The highest BCUT2D eigenvalue weighted by atomic mass is 16.6. The number of carbonyl (C=O) groups is 1. The number of hydrogen-bond donors (Lipinski definition) is 1. The highest BCUT2D eigenvalue weighted by Gasteiger charge is 2.08. The van der Waals surface area contributed by atoms with Crippen LogP contribution in [0.3, 0.4) is 0 Å². The Hall–Kier alpha value is -3.02. The number of carbonyl (C=O) groups excluding carboxylic acids is 1. The Bertz CT molecular complexity index is 717. The SMILES string of the molecule is Cc1cc(C)[nH+]c(NC(=O)C=Cc2ccc([N+](=O)[O-])cc2)c1. The van der Waals surface area contributed by atoms with Gasteiger partial charge in [-0.15, -0.1) is 0 Å². The summed E-state index contributed by atoms with van der Waals surface area (Å²) < 4.78 is 0. The van der Waals surface area contributed by atoms with Gasteiger partial charge in [0, 0.05) is 24.3 Å². The molecule has 6 nitrogen and oxygen atoms in total. The molecule has 0 atom stereocenters. The van der Waals surface area contributed by atoms with Gasteiger partial charge >= 0.3 is 5.91 Å². The van der Waals surface area contributed by atoms with Crippen LogP contribution in [0.4, 0.5) is 11.5 Å². The number of benzene rings is 1. The molecule has 1 amide bonds. The molecular weight excluding hydrogens is 282 g/mol. The first kappa shape index (κ1) is 15.4. The predicted octanol–water partition coefficient (Wildman–Crippen LogP) is 2.68. The molecule has 0 saturated carbocycles. The number of amides is 1. The zero-order chi connectivity index (χ0) is 16.1. The third-order valence-electron chi connectivity index (χ3n) is 2.94. The fourth-order valence-electron chi connectivity index (χ4n) is 2.02. The number of pyridine rings is 1. The maximum Gasteiger partial charge on any atom is 0.331 e. The van der Waals surface area contributed by atoms with Gasteiger partial charge in [-0.1, -0.05) is 0 Å². The van der Waals surface area contributed by atoms with Crippen molar-refractivity contribution in [2.24, 2.45) is 0 Å². The van der Waals surface area contributed by atoms with Crippen molar-refractivity contribution in [2.45, 2.75) is 13.8 Å². The standard InChI is InChI=1S/C16H15N3O3/c1-11-9-12(2)17-15(10-11)18-16(20)8-5-13-3-6-14(7-4-13)19(21)22/h3-10H,1-2H3,(H,17,18,20)/p+1. The third kappa shape index (κ3) is 4.24. The normalized spacial score (nSPS) is 10.6. The van der Waals surface area contributed by atoms with E-state index in [-0.39, 0.29) is 11.6 Å². The number of H-pyrrole nitrogens is 1. The minimum atomic E-state index is -0.462. The van der Waals surface area contributed by atoms with Gasteiger partial charge in [-0.05, 0) is 49.2 Å². The molecule has 0 saturated heterocycles. The molecule has 2 aromatic rings. The topological polar surface area (TPSA) is 86.4 Å². The van der Waals surface area contributed by atoms with Crippen LogP contribution in [0, 0.1) is 24.0 Å². The molecule has 0 aliphatic carbocycles. The van der Waals surface area contributed by atoms with Gasteiger partial charge < -0.3 is 0 Å². The Morgan fingerprint density at radius 3 is 2.50 bits per heavy atom. The van der Waals surface area contributed by atoms with Gasteiger partial charge in [0.05, 0.1) is 10.6 Å². The fraction of sp³-hybridized carbons (Fsp3) is 0.125. The van der Waals surface area contributed by atoms with Gasteiger partial charge in [0.25, 0.3) is 11.5 Å². The lowest BCUT2D eigenvalue weighted by Gasteiger charge is -1.98. The first-order valence-corrected chi connectivity index (χ1v) is 6.68. The van der Waals surface area contributed by atoms with Gasteiger partial charge in [-0.2, -0.15) is 0 Å². The summed E-state index contributed by atoms with van der Waals surface area (Å²) in [5.74, 6) is 0.343. The molecular formula is C16H16N3O3+. The van der Waals surface area contributed by atoms with Crippen LogP contribution in [0.15, 0.2) is 42.5 Å². The molecule has 1 aromatic heterocycles. The Labute approximate surface area is 127 Å². The lowest BCUT2D eigenvalue weighted by Crippen LogP contribution is -2.19. The maximum atomic E-state index is 11.9. The van der Waals surface area contributed by atoms with Crippen LogP contribution < -0.4 is 10.3 Å². The molecule has 0 aliphatic heterocycles. The van der Waals surface area contributed by atoms with E-state index in [0.29, 0.717) is 11.4 Å². The summed E-state index contributed by atoms with van der Waals surface area (Å²) in [6.07, 6.45) is 2.98. The highest BCUT2D eigenvalue weighted by Crippen LogP contribution is 2.13. The van der Waals surface area contributed by atoms with Crippen LogP contribution in [0.1, 0.15) is 16.8 Å². The van der Waals surface area contributed by atoms with Crippen LogP contribution in [-0.2, 0) is 4.79 Å². The van der Waals surface area contributed by atoms with Crippen LogP contribution in [0.5, 0.6) is 0 Å². The number of aromatic nitrogens is 1. The number of rotatable bonds is 4. The summed E-state index contributed by atoms with van der Waals surface area (Å²) in [6, 6.07) is 9.78. The van der Waals surface area contributed by atoms with Crippen molar-refractivity contribution in [3.63, 3.8) is 0 Å². The molecule has 0 fully saturated rings. The number of aromatic amines is 1. The van der Waals surface area contributed by atoms with Gasteiger partial charge in [0.1, 0.15) is 0 Å². The second kappa shape index (κ2) is 6.62. The zero-order valence-corrected chi connectivity index (χ0v) is 12.3. The van der Waals surface area contributed by atoms with Crippen molar-refractivity contribution in [3.05, 3.63) is 69.4 Å². The van der Waals surface area contributed by atoms with E-state index < -0.39 is 4.92 Å². The summed E-state index contributed by atoms with van der Waals surface area (Å²) in [4.78, 5) is 25.0. The quantitative estimate of drug-likeness (QED) is 0.535. The smallest absolute Gasteiger partial charge is 0.258 e. The Morgan fingerprint density at radius 2 is 1.91 bits per heavy atom. The molecule has 6 heteroatoms. The third-order valence-corrected chi connectivity index (χ3v) is 2.94. The number of anilines is 1. The van der Waals surface area contributed by atoms with Gasteiger partial charge in [0.2, 0.25) is 0 Å². The number of hydrogen-bond acceptors (Lipinski definition) is 3. The molecule has 0 bridgehead atoms. The van der Waals surface area contributed by atoms with Crippen molar-refractivity contribution in [1.29, 1.82) is 0 Å². The number of nitrogens with one attached hydrogen (secondary N) is 2. The first-order chi connectivity index (χ1) is 10.4. The molecule has 2 rings (SSSR count). The Morgan fingerprint density at radius 1 is 1.23 bits per heavy atom. The highest BCUT2D eigenvalue weighted by molar-refractivity contribution is 6.01. The second-order valence-corrected chi connectivity index (χ2v) is 4.93. The molecule has 2 N–H and O–H groups in total. The van der Waals surface area contributed by atoms with E-state index in [1.165, 1.54) is 18.2 Å². The maximum absolute atomic E-state index is 11.9. The molecule has 0 aliphatic rings. The van der Waals surface area contributed by atoms with Crippen molar-refractivity contribution < 1.29 is 14.7 Å². The first-order valence-electron chi connectivity index (χ1n) is 6.68. The van der Waals surface area contributed by atoms with Gasteiger partial charge in [0.15, 0.2) is 0 Å². The molecule has 1 aromatic carbocycles.